The Morgan fingerprint density at radius 1 is 1.29 bits per heavy atom. The lowest BCUT2D eigenvalue weighted by molar-refractivity contribution is 0.650. The zero-order chi connectivity index (χ0) is 9.97. The van der Waals surface area contributed by atoms with E-state index in [1.807, 2.05) is 0 Å². The van der Waals surface area contributed by atoms with Gasteiger partial charge in [0.25, 0.3) is 0 Å². The molecule has 0 aliphatic heterocycles. The van der Waals surface area contributed by atoms with Crippen LogP contribution in [0.1, 0.15) is 5.56 Å². The standard InChI is InChI=1S/C9H9IN4/c10-8-3-1-7(2-4-8)5-14-6-9(11)12-13-14/h1-4,6H,5,11H2. The molecule has 0 bridgehead atoms. The van der Waals surface area contributed by atoms with Gasteiger partial charge < -0.3 is 5.73 Å². The Balaban J connectivity index is 2.15. The second-order valence-electron chi connectivity index (χ2n) is 2.97. The molecule has 1 aromatic carbocycles. The smallest absolute Gasteiger partial charge is 0.165 e. The highest BCUT2D eigenvalue weighted by Gasteiger charge is 1.97. The summed E-state index contributed by atoms with van der Waals surface area (Å²) in [6, 6.07) is 8.27. The molecule has 2 N–H and O–H groups in total. The Bertz CT molecular complexity index is 421. The van der Waals surface area contributed by atoms with Crippen molar-refractivity contribution < 1.29 is 0 Å². The summed E-state index contributed by atoms with van der Waals surface area (Å²) in [5.41, 5.74) is 6.65. The highest BCUT2D eigenvalue weighted by molar-refractivity contribution is 14.1. The first kappa shape index (κ1) is 9.45. The molecule has 72 valence electrons. The molecular weight excluding hydrogens is 291 g/mol. The number of anilines is 1. The van der Waals surface area contributed by atoms with Crippen molar-refractivity contribution in [1.29, 1.82) is 0 Å². The average Bonchev–Trinajstić information content (AvgIpc) is 2.56. The molecule has 0 aliphatic carbocycles. The van der Waals surface area contributed by atoms with Crippen molar-refractivity contribution >= 4 is 28.4 Å². The monoisotopic (exact) mass is 300 g/mol. The molecule has 0 radical (unpaired) electrons. The van der Waals surface area contributed by atoms with E-state index in [-0.39, 0.29) is 0 Å². The lowest BCUT2D eigenvalue weighted by atomic mass is 10.2. The Labute approximate surface area is 95.3 Å². The SMILES string of the molecule is Nc1cn(Cc2ccc(I)cc2)nn1. The summed E-state index contributed by atoms with van der Waals surface area (Å²) < 4.78 is 2.95. The van der Waals surface area contributed by atoms with E-state index in [4.69, 9.17) is 5.73 Å². The summed E-state index contributed by atoms with van der Waals surface area (Å²) in [5, 5.41) is 7.59. The van der Waals surface area contributed by atoms with E-state index in [2.05, 4.69) is 57.2 Å². The van der Waals surface area contributed by atoms with E-state index < -0.39 is 0 Å². The molecular formula is C9H9IN4. The molecule has 2 aromatic rings. The van der Waals surface area contributed by atoms with E-state index >= 15 is 0 Å². The first-order valence-electron chi connectivity index (χ1n) is 4.14. The molecule has 14 heavy (non-hydrogen) atoms. The third kappa shape index (κ3) is 2.22. The number of benzene rings is 1. The molecule has 0 saturated heterocycles. The van der Waals surface area contributed by atoms with Crippen LogP contribution in [0.5, 0.6) is 0 Å². The van der Waals surface area contributed by atoms with E-state index in [9.17, 15) is 0 Å². The first-order valence-corrected chi connectivity index (χ1v) is 5.22. The van der Waals surface area contributed by atoms with Crippen LogP contribution in [0.4, 0.5) is 5.82 Å². The van der Waals surface area contributed by atoms with Gasteiger partial charge in [0.1, 0.15) is 0 Å². The quantitative estimate of drug-likeness (QED) is 0.855. The number of aromatic nitrogens is 3. The second-order valence-corrected chi connectivity index (χ2v) is 4.21. The Kier molecular flexibility index (Phi) is 2.67. The van der Waals surface area contributed by atoms with E-state index in [0.717, 1.165) is 0 Å². The van der Waals surface area contributed by atoms with Crippen molar-refractivity contribution in [3.05, 3.63) is 39.6 Å². The van der Waals surface area contributed by atoms with Gasteiger partial charge in [0.15, 0.2) is 5.82 Å². The number of nitrogen functional groups attached to an aromatic ring is 1. The van der Waals surface area contributed by atoms with Gasteiger partial charge in [0.05, 0.1) is 12.7 Å². The van der Waals surface area contributed by atoms with Crippen LogP contribution in [-0.2, 0) is 6.54 Å². The van der Waals surface area contributed by atoms with Crippen LogP contribution in [0, 0.1) is 3.57 Å². The maximum atomic E-state index is 5.46. The fourth-order valence-corrected chi connectivity index (χ4v) is 1.53. The lowest BCUT2D eigenvalue weighted by Crippen LogP contribution is -2.00. The molecule has 1 heterocycles. The van der Waals surface area contributed by atoms with Crippen LogP contribution < -0.4 is 5.73 Å². The van der Waals surface area contributed by atoms with Crippen molar-refractivity contribution in [2.75, 3.05) is 5.73 Å². The summed E-state index contributed by atoms with van der Waals surface area (Å²) in [7, 11) is 0. The van der Waals surface area contributed by atoms with Gasteiger partial charge in [-0.15, -0.1) is 5.10 Å². The molecule has 2 rings (SSSR count). The zero-order valence-electron chi connectivity index (χ0n) is 7.39. The summed E-state index contributed by atoms with van der Waals surface area (Å²) in [4.78, 5) is 0. The van der Waals surface area contributed by atoms with Gasteiger partial charge in [-0.25, -0.2) is 4.68 Å². The lowest BCUT2D eigenvalue weighted by Gasteiger charge is -2.00. The molecule has 4 nitrogen and oxygen atoms in total. The number of nitrogens with two attached hydrogens (primary N) is 1. The van der Waals surface area contributed by atoms with Crippen molar-refractivity contribution in [2.24, 2.45) is 0 Å². The summed E-state index contributed by atoms with van der Waals surface area (Å²) in [5.74, 6) is 0.454. The highest BCUT2D eigenvalue weighted by atomic mass is 127. The van der Waals surface area contributed by atoms with Crippen LogP contribution >= 0.6 is 22.6 Å². The number of hydrogen-bond acceptors (Lipinski definition) is 3. The van der Waals surface area contributed by atoms with E-state index in [1.165, 1.54) is 9.13 Å². The topological polar surface area (TPSA) is 56.7 Å². The fourth-order valence-electron chi connectivity index (χ4n) is 1.17. The van der Waals surface area contributed by atoms with Gasteiger partial charge in [0, 0.05) is 3.57 Å². The van der Waals surface area contributed by atoms with Gasteiger partial charge in [-0.05, 0) is 40.3 Å². The molecule has 0 aliphatic rings. The molecule has 0 spiro atoms. The fraction of sp³-hybridized carbons (Fsp3) is 0.111. The zero-order valence-corrected chi connectivity index (χ0v) is 9.55. The van der Waals surface area contributed by atoms with Crippen molar-refractivity contribution in [2.45, 2.75) is 6.54 Å². The van der Waals surface area contributed by atoms with Gasteiger partial charge in [-0.1, -0.05) is 17.3 Å². The third-order valence-corrected chi connectivity index (χ3v) is 2.53. The molecule has 0 amide bonds. The summed E-state index contributed by atoms with van der Waals surface area (Å²) >= 11 is 2.28. The van der Waals surface area contributed by atoms with E-state index in [1.54, 1.807) is 10.9 Å². The highest BCUT2D eigenvalue weighted by Crippen LogP contribution is 2.08. The average molecular weight is 300 g/mol. The predicted octanol–water partition coefficient (Wildman–Crippen LogP) is 1.51. The Morgan fingerprint density at radius 3 is 2.57 bits per heavy atom. The second kappa shape index (κ2) is 3.95. The van der Waals surface area contributed by atoms with Crippen LogP contribution in [0.25, 0.3) is 0 Å². The normalized spacial score (nSPS) is 10.4. The minimum atomic E-state index is 0.454. The first-order chi connectivity index (χ1) is 6.74. The van der Waals surface area contributed by atoms with Crippen molar-refractivity contribution in [3.8, 4) is 0 Å². The minimum Gasteiger partial charge on any atom is -0.381 e. The molecule has 0 unspecified atom stereocenters. The molecule has 5 heteroatoms. The summed E-state index contributed by atoms with van der Waals surface area (Å²) in [6.07, 6.45) is 1.72. The van der Waals surface area contributed by atoms with E-state index in [0.29, 0.717) is 12.4 Å². The van der Waals surface area contributed by atoms with Gasteiger partial charge in [0.2, 0.25) is 0 Å². The summed E-state index contributed by atoms with van der Waals surface area (Å²) in [6.45, 7) is 0.709. The van der Waals surface area contributed by atoms with Crippen molar-refractivity contribution in [3.63, 3.8) is 0 Å². The maximum absolute atomic E-state index is 5.46. The van der Waals surface area contributed by atoms with Gasteiger partial charge >= 0.3 is 0 Å². The number of nitrogens with zero attached hydrogens (tertiary/aromatic N) is 3. The maximum Gasteiger partial charge on any atom is 0.165 e. The van der Waals surface area contributed by atoms with Crippen LogP contribution in [-0.4, -0.2) is 15.0 Å². The number of rotatable bonds is 2. The third-order valence-electron chi connectivity index (χ3n) is 1.81. The largest absolute Gasteiger partial charge is 0.381 e. The Hall–Kier alpha value is -1.11. The predicted molar refractivity (Wildman–Crippen MR) is 62.7 cm³/mol. The van der Waals surface area contributed by atoms with Crippen LogP contribution in [0.2, 0.25) is 0 Å². The Morgan fingerprint density at radius 2 is 2.00 bits per heavy atom. The van der Waals surface area contributed by atoms with Crippen molar-refractivity contribution in [1.82, 2.24) is 15.0 Å². The molecule has 1 aromatic heterocycles. The van der Waals surface area contributed by atoms with Gasteiger partial charge in [-0.2, -0.15) is 0 Å². The number of halogens is 1. The molecule has 0 saturated carbocycles. The van der Waals surface area contributed by atoms with Crippen LogP contribution in [0.15, 0.2) is 30.5 Å². The minimum absolute atomic E-state index is 0.454. The molecule has 0 atom stereocenters. The molecule has 0 fully saturated rings. The van der Waals surface area contributed by atoms with Crippen LogP contribution in [0.3, 0.4) is 0 Å². The van der Waals surface area contributed by atoms with Gasteiger partial charge in [-0.3, -0.25) is 0 Å². The number of hydrogen-bond donors (Lipinski definition) is 1.